The van der Waals surface area contributed by atoms with Gasteiger partial charge in [-0.25, -0.2) is 9.78 Å². The first-order chi connectivity index (χ1) is 18.2. The zero-order valence-corrected chi connectivity index (χ0v) is 22.5. The number of nitrogens with zero attached hydrogens (tertiary/aromatic N) is 1. The van der Waals surface area contributed by atoms with E-state index < -0.39 is 29.9 Å². The molecule has 0 aromatic heterocycles. The number of amides is 1. The van der Waals surface area contributed by atoms with Crippen LogP contribution in [0.3, 0.4) is 0 Å². The second-order valence-electron chi connectivity index (χ2n) is 12.2. The van der Waals surface area contributed by atoms with Crippen molar-refractivity contribution in [3.05, 3.63) is 35.4 Å². The highest BCUT2D eigenvalue weighted by Crippen LogP contribution is 2.60. The summed E-state index contributed by atoms with van der Waals surface area (Å²) in [5, 5.41) is 9.19. The molecule has 6 aliphatic rings. The average molecular weight is 530 g/mol. The maximum absolute atomic E-state index is 12.9. The van der Waals surface area contributed by atoms with Gasteiger partial charge >= 0.3 is 5.97 Å². The summed E-state index contributed by atoms with van der Waals surface area (Å²) in [6.45, 7) is 7.69. The minimum Gasteiger partial charge on any atom is -0.481 e. The molecule has 38 heavy (non-hydrogen) atoms. The molecule has 1 spiro atoms. The van der Waals surface area contributed by atoms with Gasteiger partial charge in [0, 0.05) is 36.9 Å². The Morgan fingerprint density at radius 3 is 2.47 bits per heavy atom. The molecule has 0 unspecified atom stereocenters. The predicted octanol–water partition coefficient (Wildman–Crippen LogP) is 4.35. The van der Waals surface area contributed by atoms with E-state index in [4.69, 9.17) is 24.0 Å². The summed E-state index contributed by atoms with van der Waals surface area (Å²) in [5.41, 5.74) is 0.947. The molecule has 1 N–H and O–H groups in total. The summed E-state index contributed by atoms with van der Waals surface area (Å²) in [6, 6.07) is 7.45. The van der Waals surface area contributed by atoms with E-state index in [-0.39, 0.29) is 23.7 Å². The van der Waals surface area contributed by atoms with Gasteiger partial charge in [-0.2, -0.15) is 0 Å². The van der Waals surface area contributed by atoms with E-state index in [1.165, 1.54) is 0 Å². The van der Waals surface area contributed by atoms with Crippen LogP contribution in [-0.2, 0) is 35.4 Å². The van der Waals surface area contributed by atoms with Crippen molar-refractivity contribution in [1.29, 1.82) is 0 Å². The maximum atomic E-state index is 12.9. The van der Waals surface area contributed by atoms with E-state index in [0.717, 1.165) is 31.2 Å². The maximum Gasteiger partial charge on any atom is 0.306 e. The molecule has 6 fully saturated rings. The number of aliphatic carboxylic acids is 1. The number of benzene rings is 1. The Morgan fingerprint density at radius 1 is 1.03 bits per heavy atom. The highest BCUT2D eigenvalue weighted by molar-refractivity contribution is 5.94. The zero-order valence-electron chi connectivity index (χ0n) is 22.5. The Kier molecular flexibility index (Phi) is 6.79. The summed E-state index contributed by atoms with van der Waals surface area (Å²) >= 11 is 0. The monoisotopic (exact) mass is 529 g/mol. The molecule has 9 nitrogen and oxygen atoms in total. The van der Waals surface area contributed by atoms with Gasteiger partial charge in [0.1, 0.15) is 0 Å². The van der Waals surface area contributed by atoms with Crippen molar-refractivity contribution in [1.82, 2.24) is 4.90 Å². The van der Waals surface area contributed by atoms with Crippen molar-refractivity contribution in [3.63, 3.8) is 0 Å². The Bertz CT molecular complexity index is 1060. The topological polar surface area (TPSA) is 104 Å². The van der Waals surface area contributed by atoms with E-state index in [9.17, 15) is 14.7 Å². The highest BCUT2D eigenvalue weighted by atomic mass is 17.3. The molecule has 5 heterocycles. The fourth-order valence-corrected chi connectivity index (χ4v) is 7.50. The number of carbonyl (C=O) groups excluding carboxylic acids is 1. The smallest absolute Gasteiger partial charge is 0.306 e. The number of likely N-dealkylation sites (tertiary alicyclic amines) is 1. The van der Waals surface area contributed by atoms with Crippen LogP contribution in [0.2, 0.25) is 0 Å². The second-order valence-corrected chi connectivity index (χ2v) is 12.2. The first kappa shape index (κ1) is 26.2. The number of rotatable bonds is 5. The SMILES string of the molecule is C[C@H]1[C@@H](OCc2ccc(C(=O)N3CCC(C(=O)O)CC3)cc2)O[C@@H]2O[C@@]3(C)CC[C@H]4[C@H](C)CC[C@@H]1[C@@]24OO3. The zero-order chi connectivity index (χ0) is 26.7. The van der Waals surface area contributed by atoms with Crippen molar-refractivity contribution in [2.45, 2.75) is 89.9 Å². The Hall–Kier alpha value is -2.04. The van der Waals surface area contributed by atoms with Gasteiger partial charge in [0.05, 0.1) is 12.5 Å². The lowest BCUT2D eigenvalue weighted by Crippen LogP contribution is -2.70. The molecular formula is C29H39NO8. The highest BCUT2D eigenvalue weighted by Gasteiger charge is 2.69. The standard InChI is InChI=1S/C29H39NO8/c1-17-4-9-23-18(2)26(35-27-29(23)22(17)10-13-28(3,36-27)37-38-29)34-16-19-5-7-20(8-6-19)24(31)30-14-11-21(12-15-30)25(32)33/h5-8,17-18,21-23,26-27H,4,9-16H2,1-3H3,(H,32,33)/t17-,18-,22+,23+,26+,27-,28-,29-/m1/s1. The van der Waals surface area contributed by atoms with Crippen LogP contribution in [0.5, 0.6) is 0 Å². The van der Waals surface area contributed by atoms with Crippen LogP contribution >= 0.6 is 0 Å². The van der Waals surface area contributed by atoms with Crippen molar-refractivity contribution in [2.75, 3.05) is 13.1 Å². The van der Waals surface area contributed by atoms with Gasteiger partial charge in [-0.15, -0.1) is 0 Å². The number of carbonyl (C=O) groups is 2. The number of hydrogen-bond donors (Lipinski definition) is 1. The van der Waals surface area contributed by atoms with Crippen LogP contribution in [0.15, 0.2) is 24.3 Å². The Labute approximate surface area is 223 Å². The van der Waals surface area contributed by atoms with Gasteiger partial charge in [-0.3, -0.25) is 9.59 Å². The summed E-state index contributed by atoms with van der Waals surface area (Å²) in [4.78, 5) is 37.9. The van der Waals surface area contributed by atoms with Gasteiger partial charge in [-0.1, -0.05) is 26.0 Å². The third-order valence-electron chi connectivity index (χ3n) is 9.84. The quantitative estimate of drug-likeness (QED) is 0.562. The average Bonchev–Trinajstić information content (AvgIpc) is 3.15. The molecular weight excluding hydrogens is 490 g/mol. The van der Waals surface area contributed by atoms with E-state index in [1.807, 2.05) is 31.2 Å². The Morgan fingerprint density at radius 2 is 1.76 bits per heavy atom. The third kappa shape index (κ3) is 4.36. The lowest BCUT2D eigenvalue weighted by Gasteiger charge is -2.60. The molecule has 1 amide bonds. The second kappa shape index (κ2) is 9.86. The lowest BCUT2D eigenvalue weighted by molar-refractivity contribution is -0.577. The van der Waals surface area contributed by atoms with E-state index in [0.29, 0.717) is 49.9 Å². The fraction of sp³-hybridized carbons (Fsp3) is 0.724. The summed E-state index contributed by atoms with van der Waals surface area (Å²) in [6.07, 6.45) is 3.95. The van der Waals surface area contributed by atoms with Gasteiger partial charge in [0.2, 0.25) is 5.79 Å². The normalized spacial score (nSPS) is 40.9. The van der Waals surface area contributed by atoms with Crippen molar-refractivity contribution in [2.24, 2.45) is 29.6 Å². The van der Waals surface area contributed by atoms with Crippen LogP contribution in [0.1, 0.15) is 75.2 Å². The fourth-order valence-electron chi connectivity index (χ4n) is 7.50. The van der Waals surface area contributed by atoms with Crippen molar-refractivity contribution in [3.8, 4) is 0 Å². The molecule has 5 saturated heterocycles. The van der Waals surface area contributed by atoms with Crippen LogP contribution in [0, 0.1) is 29.6 Å². The largest absolute Gasteiger partial charge is 0.481 e. The minimum absolute atomic E-state index is 0.0619. The van der Waals surface area contributed by atoms with Crippen molar-refractivity contribution >= 4 is 11.9 Å². The van der Waals surface area contributed by atoms with Gasteiger partial charge in [-0.05, 0) is 68.6 Å². The number of fused-ring (bicyclic) bond motifs is 2. The number of carboxylic acids is 1. The molecule has 7 rings (SSSR count). The van der Waals surface area contributed by atoms with Crippen LogP contribution in [0.25, 0.3) is 0 Å². The molecule has 5 aliphatic heterocycles. The molecule has 1 aromatic carbocycles. The summed E-state index contributed by atoms with van der Waals surface area (Å²) in [7, 11) is 0. The predicted molar refractivity (Wildman–Crippen MR) is 134 cm³/mol. The lowest BCUT2D eigenvalue weighted by atomic mass is 9.58. The number of hydrogen-bond acceptors (Lipinski definition) is 7. The molecule has 9 heteroatoms. The molecule has 1 aliphatic carbocycles. The molecule has 1 saturated carbocycles. The number of carboxylic acid groups (broad SMARTS) is 1. The molecule has 8 atom stereocenters. The van der Waals surface area contributed by atoms with E-state index >= 15 is 0 Å². The molecule has 0 radical (unpaired) electrons. The molecule has 208 valence electrons. The molecule has 1 aromatic rings. The van der Waals surface area contributed by atoms with Crippen LogP contribution in [0.4, 0.5) is 0 Å². The van der Waals surface area contributed by atoms with Gasteiger partial charge in [0.15, 0.2) is 18.2 Å². The summed E-state index contributed by atoms with van der Waals surface area (Å²) < 4.78 is 19.2. The van der Waals surface area contributed by atoms with E-state index in [1.54, 1.807) is 4.90 Å². The molecule has 2 bridgehead atoms. The first-order valence-corrected chi connectivity index (χ1v) is 14.1. The van der Waals surface area contributed by atoms with Crippen LogP contribution < -0.4 is 0 Å². The van der Waals surface area contributed by atoms with Crippen molar-refractivity contribution < 1.29 is 38.7 Å². The van der Waals surface area contributed by atoms with E-state index in [2.05, 4.69) is 13.8 Å². The minimum atomic E-state index is -0.812. The van der Waals surface area contributed by atoms with Crippen LogP contribution in [-0.4, -0.2) is 58.9 Å². The third-order valence-corrected chi connectivity index (χ3v) is 9.84. The number of ether oxygens (including phenoxy) is 3. The number of piperidine rings is 1. The van der Waals surface area contributed by atoms with Gasteiger partial charge < -0.3 is 24.2 Å². The Balaban J connectivity index is 1.10. The summed E-state index contributed by atoms with van der Waals surface area (Å²) in [5.74, 6) is -0.869. The first-order valence-electron chi connectivity index (χ1n) is 14.1. The van der Waals surface area contributed by atoms with Gasteiger partial charge in [0.25, 0.3) is 5.91 Å².